The van der Waals surface area contributed by atoms with E-state index in [2.05, 4.69) is 30.7 Å². The number of alkyl halides is 2. The molecule has 0 radical (unpaired) electrons. The predicted octanol–water partition coefficient (Wildman–Crippen LogP) is 5.15. The SMILES string of the molecule is COc1cc(-c2ccnc(C(F)F)c2)ncc1OC[C@@H](C)CC(C)C. The Morgan fingerprint density at radius 3 is 2.48 bits per heavy atom. The molecule has 2 aromatic heterocycles. The predicted molar refractivity (Wildman–Crippen MR) is 93.1 cm³/mol. The highest BCUT2D eigenvalue weighted by Gasteiger charge is 2.14. The summed E-state index contributed by atoms with van der Waals surface area (Å²) in [6.07, 6.45) is 1.37. The van der Waals surface area contributed by atoms with Gasteiger partial charge in [0.05, 0.1) is 25.6 Å². The minimum atomic E-state index is -2.62. The second-order valence-electron chi connectivity index (χ2n) is 6.54. The molecule has 0 aliphatic rings. The smallest absolute Gasteiger partial charge is 0.280 e. The summed E-state index contributed by atoms with van der Waals surface area (Å²) in [6.45, 7) is 7.06. The van der Waals surface area contributed by atoms with E-state index >= 15 is 0 Å². The zero-order chi connectivity index (χ0) is 18.4. The van der Waals surface area contributed by atoms with Crippen molar-refractivity contribution in [2.24, 2.45) is 11.8 Å². The van der Waals surface area contributed by atoms with E-state index in [4.69, 9.17) is 9.47 Å². The fourth-order valence-corrected chi connectivity index (χ4v) is 2.68. The van der Waals surface area contributed by atoms with Crippen molar-refractivity contribution >= 4 is 0 Å². The van der Waals surface area contributed by atoms with E-state index in [-0.39, 0.29) is 5.69 Å². The van der Waals surface area contributed by atoms with Crippen molar-refractivity contribution in [1.29, 1.82) is 0 Å². The topological polar surface area (TPSA) is 44.2 Å². The van der Waals surface area contributed by atoms with E-state index in [9.17, 15) is 8.78 Å². The molecule has 136 valence electrons. The lowest BCUT2D eigenvalue weighted by Gasteiger charge is -2.16. The molecule has 0 amide bonds. The standard InChI is InChI=1S/C19H24F2N2O2/c1-12(2)7-13(3)11-25-18-10-23-15(9-17(18)24-4)14-5-6-22-16(8-14)19(20)21/h5-6,8-10,12-13,19H,7,11H2,1-4H3/t13-/m0/s1. The summed E-state index contributed by atoms with van der Waals surface area (Å²) in [5.41, 5.74) is 0.813. The first kappa shape index (κ1) is 19.1. The van der Waals surface area contributed by atoms with Gasteiger partial charge in [0.25, 0.3) is 6.43 Å². The molecule has 0 aliphatic carbocycles. The first-order valence-corrected chi connectivity index (χ1v) is 8.32. The Kier molecular flexibility index (Phi) is 6.67. The highest BCUT2D eigenvalue weighted by molar-refractivity contribution is 5.62. The Morgan fingerprint density at radius 2 is 1.84 bits per heavy atom. The van der Waals surface area contributed by atoms with E-state index in [1.54, 1.807) is 25.4 Å². The molecule has 0 aromatic carbocycles. The van der Waals surface area contributed by atoms with E-state index < -0.39 is 6.43 Å². The van der Waals surface area contributed by atoms with Gasteiger partial charge in [-0.1, -0.05) is 20.8 Å². The van der Waals surface area contributed by atoms with Crippen LogP contribution in [0.5, 0.6) is 11.5 Å². The minimum absolute atomic E-state index is 0.277. The Bertz CT molecular complexity index is 693. The zero-order valence-electron chi connectivity index (χ0n) is 15.0. The molecule has 1 atom stereocenters. The molecule has 0 bridgehead atoms. The summed E-state index contributed by atoms with van der Waals surface area (Å²) in [5, 5.41) is 0. The Balaban J connectivity index is 2.17. The van der Waals surface area contributed by atoms with Crippen molar-refractivity contribution in [2.75, 3.05) is 13.7 Å². The molecule has 25 heavy (non-hydrogen) atoms. The van der Waals surface area contributed by atoms with Crippen LogP contribution in [0.25, 0.3) is 11.3 Å². The molecule has 0 N–H and O–H groups in total. The highest BCUT2D eigenvalue weighted by Crippen LogP contribution is 2.32. The first-order valence-electron chi connectivity index (χ1n) is 8.32. The normalized spacial score (nSPS) is 12.5. The van der Waals surface area contributed by atoms with Crippen LogP contribution in [0.3, 0.4) is 0 Å². The van der Waals surface area contributed by atoms with Gasteiger partial charge < -0.3 is 9.47 Å². The quantitative estimate of drug-likeness (QED) is 0.660. The molecule has 0 saturated carbocycles. The van der Waals surface area contributed by atoms with Crippen molar-refractivity contribution in [1.82, 2.24) is 9.97 Å². The average Bonchev–Trinajstić information content (AvgIpc) is 2.59. The van der Waals surface area contributed by atoms with Gasteiger partial charge >= 0.3 is 0 Å². The third-order valence-electron chi connectivity index (χ3n) is 3.75. The number of nitrogens with zero attached hydrogens (tertiary/aromatic N) is 2. The van der Waals surface area contributed by atoms with Gasteiger partial charge in [0.2, 0.25) is 0 Å². The summed E-state index contributed by atoms with van der Waals surface area (Å²) in [6, 6.07) is 4.66. The average molecular weight is 350 g/mol. The summed E-state index contributed by atoms with van der Waals surface area (Å²) in [4.78, 5) is 7.98. The number of rotatable bonds is 8. The first-order chi connectivity index (χ1) is 11.9. The van der Waals surface area contributed by atoms with Gasteiger partial charge in [0.1, 0.15) is 5.69 Å². The van der Waals surface area contributed by atoms with Crippen LogP contribution in [0.4, 0.5) is 8.78 Å². The van der Waals surface area contributed by atoms with Crippen molar-refractivity contribution in [2.45, 2.75) is 33.6 Å². The van der Waals surface area contributed by atoms with Crippen LogP contribution >= 0.6 is 0 Å². The lowest BCUT2D eigenvalue weighted by Crippen LogP contribution is -2.11. The van der Waals surface area contributed by atoms with Crippen LogP contribution in [-0.4, -0.2) is 23.7 Å². The van der Waals surface area contributed by atoms with Gasteiger partial charge in [-0.3, -0.25) is 9.97 Å². The monoisotopic (exact) mass is 350 g/mol. The number of ether oxygens (including phenoxy) is 2. The Hall–Kier alpha value is -2.24. The molecule has 0 spiro atoms. The van der Waals surface area contributed by atoms with Crippen molar-refractivity contribution in [3.05, 3.63) is 36.3 Å². The van der Waals surface area contributed by atoms with E-state index in [0.717, 1.165) is 6.42 Å². The third kappa shape index (κ3) is 5.37. The molecule has 2 rings (SSSR count). The molecule has 0 aliphatic heterocycles. The van der Waals surface area contributed by atoms with Crippen LogP contribution < -0.4 is 9.47 Å². The van der Waals surface area contributed by atoms with E-state index in [1.807, 2.05) is 0 Å². The molecule has 2 aromatic rings. The van der Waals surface area contributed by atoms with E-state index in [1.165, 1.54) is 12.3 Å². The van der Waals surface area contributed by atoms with Gasteiger partial charge in [-0.15, -0.1) is 0 Å². The lowest BCUT2D eigenvalue weighted by atomic mass is 10.00. The molecular formula is C19H24F2N2O2. The summed E-state index contributed by atoms with van der Waals surface area (Å²) in [7, 11) is 1.54. The largest absolute Gasteiger partial charge is 0.493 e. The second kappa shape index (κ2) is 8.74. The van der Waals surface area contributed by atoms with E-state index in [0.29, 0.717) is 41.2 Å². The molecule has 2 heterocycles. The number of pyridine rings is 2. The van der Waals surface area contributed by atoms with Gasteiger partial charge in [-0.05, 0) is 30.4 Å². The lowest BCUT2D eigenvalue weighted by molar-refractivity contribution is 0.146. The van der Waals surface area contributed by atoms with Crippen LogP contribution in [0, 0.1) is 11.8 Å². The van der Waals surface area contributed by atoms with Gasteiger partial charge in [0, 0.05) is 17.8 Å². The van der Waals surface area contributed by atoms with Crippen LogP contribution in [0.15, 0.2) is 30.6 Å². The summed E-state index contributed by atoms with van der Waals surface area (Å²) >= 11 is 0. The van der Waals surface area contributed by atoms with Crippen molar-refractivity contribution < 1.29 is 18.3 Å². The van der Waals surface area contributed by atoms with Gasteiger partial charge in [0.15, 0.2) is 11.5 Å². The van der Waals surface area contributed by atoms with Crippen molar-refractivity contribution in [3.63, 3.8) is 0 Å². The zero-order valence-corrected chi connectivity index (χ0v) is 15.0. The Morgan fingerprint density at radius 1 is 1.08 bits per heavy atom. The maximum Gasteiger partial charge on any atom is 0.280 e. The number of hydrogen-bond acceptors (Lipinski definition) is 4. The van der Waals surface area contributed by atoms with Crippen molar-refractivity contribution in [3.8, 4) is 22.8 Å². The van der Waals surface area contributed by atoms with Crippen LogP contribution in [0.2, 0.25) is 0 Å². The molecule has 4 nitrogen and oxygen atoms in total. The number of halogens is 2. The molecule has 0 unspecified atom stereocenters. The third-order valence-corrected chi connectivity index (χ3v) is 3.75. The Labute approximate surface area is 147 Å². The molecule has 0 saturated heterocycles. The number of aromatic nitrogens is 2. The highest BCUT2D eigenvalue weighted by atomic mass is 19.3. The maximum absolute atomic E-state index is 12.8. The van der Waals surface area contributed by atoms with Crippen LogP contribution in [0.1, 0.15) is 39.3 Å². The molecular weight excluding hydrogens is 326 g/mol. The number of hydrogen-bond donors (Lipinski definition) is 0. The second-order valence-corrected chi connectivity index (χ2v) is 6.54. The summed E-state index contributed by atoms with van der Waals surface area (Å²) < 4.78 is 36.8. The summed E-state index contributed by atoms with van der Waals surface area (Å²) in [5.74, 6) is 2.09. The maximum atomic E-state index is 12.8. The fourth-order valence-electron chi connectivity index (χ4n) is 2.68. The number of methoxy groups -OCH3 is 1. The van der Waals surface area contributed by atoms with Crippen LogP contribution in [-0.2, 0) is 0 Å². The minimum Gasteiger partial charge on any atom is -0.493 e. The fraction of sp³-hybridized carbons (Fsp3) is 0.474. The molecule has 6 heteroatoms. The van der Waals surface area contributed by atoms with Gasteiger partial charge in [-0.25, -0.2) is 8.78 Å². The molecule has 0 fully saturated rings. The van der Waals surface area contributed by atoms with Gasteiger partial charge in [-0.2, -0.15) is 0 Å².